The van der Waals surface area contributed by atoms with Crippen LogP contribution in [0.5, 0.6) is 0 Å². The lowest BCUT2D eigenvalue weighted by Crippen LogP contribution is -2.43. The number of rotatable bonds is 5. The second-order valence-electron chi connectivity index (χ2n) is 5.92. The summed E-state index contributed by atoms with van der Waals surface area (Å²) in [5.41, 5.74) is 1.32. The lowest BCUT2D eigenvalue weighted by Gasteiger charge is -2.31. The van der Waals surface area contributed by atoms with Gasteiger partial charge in [-0.3, -0.25) is 0 Å². The molecule has 4 nitrogen and oxygen atoms in total. The van der Waals surface area contributed by atoms with E-state index in [4.69, 9.17) is 0 Å². The van der Waals surface area contributed by atoms with Crippen molar-refractivity contribution in [2.75, 3.05) is 0 Å². The largest absolute Gasteiger partial charge is 0.336 e. The van der Waals surface area contributed by atoms with Crippen molar-refractivity contribution in [2.45, 2.75) is 46.8 Å². The van der Waals surface area contributed by atoms with Gasteiger partial charge in [0.05, 0.1) is 17.0 Å². The fourth-order valence-corrected chi connectivity index (χ4v) is 2.58. The summed E-state index contributed by atoms with van der Waals surface area (Å²) < 4.78 is 2.12. The first-order valence-electron chi connectivity index (χ1n) is 6.55. The molecule has 0 radical (unpaired) electrons. The lowest BCUT2D eigenvalue weighted by atomic mass is 9.86. The molecule has 0 saturated carbocycles. The van der Waals surface area contributed by atoms with Gasteiger partial charge in [0.25, 0.3) is 0 Å². The van der Waals surface area contributed by atoms with Crippen LogP contribution in [0.15, 0.2) is 24.1 Å². The average Bonchev–Trinajstić information content (AvgIpc) is 2.94. The van der Waals surface area contributed by atoms with Crippen LogP contribution in [0.1, 0.15) is 31.5 Å². The zero-order chi connectivity index (χ0) is 13.9. The molecule has 0 spiro atoms. The summed E-state index contributed by atoms with van der Waals surface area (Å²) in [6.45, 7) is 10.6. The van der Waals surface area contributed by atoms with Gasteiger partial charge in [0.2, 0.25) is 0 Å². The quantitative estimate of drug-likeness (QED) is 0.914. The van der Waals surface area contributed by atoms with Crippen molar-refractivity contribution in [1.82, 2.24) is 19.9 Å². The van der Waals surface area contributed by atoms with E-state index in [-0.39, 0.29) is 5.41 Å². The van der Waals surface area contributed by atoms with Crippen LogP contribution >= 0.6 is 11.3 Å². The number of nitrogens with zero attached hydrogens (tertiary/aromatic N) is 3. The third-order valence-corrected chi connectivity index (χ3v) is 4.02. The third kappa shape index (κ3) is 4.14. The first-order valence-corrected chi connectivity index (χ1v) is 7.43. The highest BCUT2D eigenvalue weighted by molar-refractivity contribution is 7.09. The van der Waals surface area contributed by atoms with Gasteiger partial charge in [0.15, 0.2) is 0 Å². The first kappa shape index (κ1) is 14.2. The Balaban J connectivity index is 1.98. The minimum Gasteiger partial charge on any atom is -0.336 e. The van der Waals surface area contributed by atoms with Gasteiger partial charge in [-0.25, -0.2) is 9.97 Å². The first-order chi connectivity index (χ1) is 8.95. The van der Waals surface area contributed by atoms with Crippen LogP contribution in [0.4, 0.5) is 0 Å². The summed E-state index contributed by atoms with van der Waals surface area (Å²) in [5, 5.41) is 6.87. The number of hydrogen-bond donors (Lipinski definition) is 1. The highest BCUT2D eigenvalue weighted by Gasteiger charge is 2.24. The highest BCUT2D eigenvalue weighted by atomic mass is 32.1. The van der Waals surface area contributed by atoms with Gasteiger partial charge in [-0.2, -0.15) is 0 Å². The van der Waals surface area contributed by atoms with Crippen LogP contribution in [0.3, 0.4) is 0 Å². The number of nitrogens with one attached hydrogen (secondary N) is 1. The van der Waals surface area contributed by atoms with Crippen LogP contribution < -0.4 is 5.32 Å². The summed E-state index contributed by atoms with van der Waals surface area (Å²) in [6.07, 6.45) is 5.70. The second kappa shape index (κ2) is 5.84. The summed E-state index contributed by atoms with van der Waals surface area (Å²) >= 11 is 1.70. The zero-order valence-electron chi connectivity index (χ0n) is 12.1. The number of aryl methyl sites for hydroxylation is 1. The highest BCUT2D eigenvalue weighted by Crippen LogP contribution is 2.21. The molecule has 2 aromatic heterocycles. The molecular weight excluding hydrogens is 256 g/mol. The van der Waals surface area contributed by atoms with Crippen LogP contribution in [-0.2, 0) is 13.1 Å². The Morgan fingerprint density at radius 1 is 1.42 bits per heavy atom. The second-order valence-corrected chi connectivity index (χ2v) is 6.98. The van der Waals surface area contributed by atoms with E-state index < -0.39 is 0 Å². The zero-order valence-corrected chi connectivity index (χ0v) is 12.9. The van der Waals surface area contributed by atoms with Gasteiger partial charge in [0, 0.05) is 36.9 Å². The molecule has 1 N–H and O–H groups in total. The summed E-state index contributed by atoms with van der Waals surface area (Å²) in [6, 6.07) is 0.378. The lowest BCUT2D eigenvalue weighted by molar-refractivity contribution is 0.239. The standard InChI is InChI=1S/C14H22N4S/c1-11-17-12(9-19-11)7-16-13(14(2,3)4)8-18-6-5-15-10-18/h5-6,9-10,13,16H,7-8H2,1-4H3. The molecule has 0 aromatic carbocycles. The van der Waals surface area contributed by atoms with Crippen molar-refractivity contribution in [3.63, 3.8) is 0 Å². The SMILES string of the molecule is Cc1nc(CNC(Cn2ccnc2)C(C)(C)C)cs1. The molecule has 0 aliphatic rings. The fraction of sp³-hybridized carbons (Fsp3) is 0.571. The fourth-order valence-electron chi connectivity index (χ4n) is 1.97. The van der Waals surface area contributed by atoms with Gasteiger partial charge in [-0.1, -0.05) is 20.8 Å². The Morgan fingerprint density at radius 3 is 2.74 bits per heavy atom. The number of thiazole rings is 1. The molecular formula is C14H22N4S. The van der Waals surface area contributed by atoms with Crippen LogP contribution in [0.25, 0.3) is 0 Å². The van der Waals surface area contributed by atoms with Crippen LogP contribution in [-0.4, -0.2) is 20.6 Å². The predicted octanol–water partition coefficient (Wildman–Crippen LogP) is 2.85. The number of imidazole rings is 1. The van der Waals surface area contributed by atoms with E-state index >= 15 is 0 Å². The third-order valence-electron chi connectivity index (χ3n) is 3.19. The minimum absolute atomic E-state index is 0.190. The molecule has 0 amide bonds. The summed E-state index contributed by atoms with van der Waals surface area (Å²) in [7, 11) is 0. The molecule has 0 bridgehead atoms. The molecule has 0 saturated heterocycles. The van der Waals surface area contributed by atoms with Crippen LogP contribution in [0.2, 0.25) is 0 Å². The summed E-state index contributed by atoms with van der Waals surface area (Å²) in [5.74, 6) is 0. The van der Waals surface area contributed by atoms with Crippen LogP contribution in [0, 0.1) is 12.3 Å². The van der Waals surface area contributed by atoms with E-state index in [1.165, 1.54) is 0 Å². The maximum absolute atomic E-state index is 4.50. The molecule has 0 fully saturated rings. The molecule has 5 heteroatoms. The van der Waals surface area contributed by atoms with Gasteiger partial charge in [-0.15, -0.1) is 11.3 Å². The Morgan fingerprint density at radius 2 is 2.21 bits per heavy atom. The van der Waals surface area contributed by atoms with Crippen molar-refractivity contribution < 1.29 is 0 Å². The number of hydrogen-bond acceptors (Lipinski definition) is 4. The van der Waals surface area contributed by atoms with E-state index in [1.54, 1.807) is 11.3 Å². The van der Waals surface area contributed by atoms with Crippen molar-refractivity contribution >= 4 is 11.3 Å². The van der Waals surface area contributed by atoms with E-state index in [0.717, 1.165) is 23.8 Å². The molecule has 2 heterocycles. The molecule has 0 aliphatic carbocycles. The van der Waals surface area contributed by atoms with Gasteiger partial charge in [0.1, 0.15) is 0 Å². The topological polar surface area (TPSA) is 42.7 Å². The molecule has 1 atom stereocenters. The van der Waals surface area contributed by atoms with Gasteiger partial charge >= 0.3 is 0 Å². The Hall–Kier alpha value is -1.20. The summed E-state index contributed by atoms with van der Waals surface area (Å²) in [4.78, 5) is 8.60. The van der Waals surface area contributed by atoms with E-state index in [0.29, 0.717) is 6.04 Å². The smallest absolute Gasteiger partial charge is 0.0946 e. The van der Waals surface area contributed by atoms with E-state index in [1.807, 2.05) is 25.6 Å². The van der Waals surface area contributed by atoms with Crippen molar-refractivity contribution in [2.24, 2.45) is 5.41 Å². The Bertz CT molecular complexity index is 496. The van der Waals surface area contributed by atoms with Crippen molar-refractivity contribution in [3.05, 3.63) is 34.8 Å². The Kier molecular flexibility index (Phi) is 4.37. The average molecular weight is 278 g/mol. The molecule has 19 heavy (non-hydrogen) atoms. The normalized spacial score (nSPS) is 13.7. The molecule has 0 aliphatic heterocycles. The molecule has 104 valence electrons. The number of aromatic nitrogens is 3. The van der Waals surface area contributed by atoms with E-state index in [9.17, 15) is 0 Å². The molecule has 1 unspecified atom stereocenters. The van der Waals surface area contributed by atoms with Gasteiger partial charge < -0.3 is 9.88 Å². The Labute approximate surface area is 118 Å². The predicted molar refractivity (Wildman–Crippen MR) is 79.2 cm³/mol. The van der Waals surface area contributed by atoms with Crippen molar-refractivity contribution in [3.8, 4) is 0 Å². The monoisotopic (exact) mass is 278 g/mol. The molecule has 2 rings (SSSR count). The van der Waals surface area contributed by atoms with Crippen molar-refractivity contribution in [1.29, 1.82) is 0 Å². The van der Waals surface area contributed by atoms with Gasteiger partial charge in [-0.05, 0) is 12.3 Å². The molecule has 2 aromatic rings. The van der Waals surface area contributed by atoms with E-state index in [2.05, 4.69) is 46.0 Å². The maximum Gasteiger partial charge on any atom is 0.0946 e. The maximum atomic E-state index is 4.50. The minimum atomic E-state index is 0.190.